The average molecular weight is 527 g/mol. The van der Waals surface area contributed by atoms with Crippen molar-refractivity contribution in [3.8, 4) is 17.2 Å². The molecule has 0 bridgehead atoms. The number of methoxy groups -OCH3 is 2. The molecule has 1 N–H and O–H groups in total. The number of nitrogens with zero attached hydrogens (tertiary/aromatic N) is 3. The summed E-state index contributed by atoms with van der Waals surface area (Å²) >= 11 is 5.98. The van der Waals surface area contributed by atoms with Crippen LogP contribution in [-0.2, 0) is 6.42 Å². The molecule has 0 aliphatic carbocycles. The van der Waals surface area contributed by atoms with Crippen molar-refractivity contribution in [3.05, 3.63) is 101 Å². The van der Waals surface area contributed by atoms with Gasteiger partial charge in [-0.05, 0) is 86.4 Å². The van der Waals surface area contributed by atoms with Crippen molar-refractivity contribution in [2.75, 3.05) is 19.1 Å². The van der Waals surface area contributed by atoms with Crippen LogP contribution >= 0.6 is 12.2 Å². The van der Waals surface area contributed by atoms with Gasteiger partial charge in [0, 0.05) is 23.7 Å². The van der Waals surface area contributed by atoms with Gasteiger partial charge in [0.25, 0.3) is 0 Å². The van der Waals surface area contributed by atoms with Crippen molar-refractivity contribution in [2.45, 2.75) is 46.2 Å². The number of anilines is 1. The van der Waals surface area contributed by atoms with Gasteiger partial charge in [-0.15, -0.1) is 0 Å². The highest BCUT2D eigenvalue weighted by Gasteiger charge is 2.43. The Bertz CT molecular complexity index is 1480. The third kappa shape index (κ3) is 4.31. The van der Waals surface area contributed by atoms with Gasteiger partial charge in [0.1, 0.15) is 11.5 Å². The summed E-state index contributed by atoms with van der Waals surface area (Å²) in [4.78, 5) is 6.89. The van der Waals surface area contributed by atoms with Crippen LogP contribution in [0.3, 0.4) is 0 Å². The molecule has 0 spiro atoms. The monoisotopic (exact) mass is 526 g/mol. The fourth-order valence-electron chi connectivity index (χ4n) is 5.67. The number of ether oxygens (including phenoxy) is 2. The first-order valence-electron chi connectivity index (χ1n) is 12.9. The molecule has 196 valence electrons. The van der Waals surface area contributed by atoms with E-state index in [2.05, 4.69) is 72.8 Å². The van der Waals surface area contributed by atoms with Gasteiger partial charge < -0.3 is 24.3 Å². The van der Waals surface area contributed by atoms with Gasteiger partial charge in [-0.2, -0.15) is 0 Å². The van der Waals surface area contributed by atoms with E-state index in [4.69, 9.17) is 26.7 Å². The first kappa shape index (κ1) is 25.8. The minimum atomic E-state index is -0.146. The molecule has 1 fully saturated rings. The lowest BCUT2D eigenvalue weighted by molar-refractivity contribution is 0.394. The predicted octanol–water partition coefficient (Wildman–Crippen LogP) is 6.55. The van der Waals surface area contributed by atoms with Crippen molar-refractivity contribution < 1.29 is 9.47 Å². The van der Waals surface area contributed by atoms with Crippen molar-refractivity contribution in [1.82, 2.24) is 14.9 Å². The Morgan fingerprint density at radius 2 is 1.79 bits per heavy atom. The lowest BCUT2D eigenvalue weighted by atomic mass is 9.96. The molecule has 6 nitrogen and oxygen atoms in total. The second-order valence-electron chi connectivity index (χ2n) is 9.63. The Kier molecular flexibility index (Phi) is 7.13. The minimum absolute atomic E-state index is 0.145. The Morgan fingerprint density at radius 3 is 2.47 bits per heavy atom. The number of rotatable bonds is 7. The van der Waals surface area contributed by atoms with E-state index in [9.17, 15) is 0 Å². The quantitative estimate of drug-likeness (QED) is 0.276. The molecule has 1 saturated heterocycles. The highest BCUT2D eigenvalue weighted by atomic mass is 32.1. The summed E-state index contributed by atoms with van der Waals surface area (Å²) in [5, 5.41) is 4.20. The van der Waals surface area contributed by atoms with Crippen LogP contribution in [0.15, 0.2) is 66.9 Å². The predicted molar refractivity (Wildman–Crippen MR) is 157 cm³/mol. The van der Waals surface area contributed by atoms with Crippen LogP contribution < -0.4 is 19.7 Å². The van der Waals surface area contributed by atoms with Gasteiger partial charge in [0.2, 0.25) is 0 Å². The van der Waals surface area contributed by atoms with E-state index in [1.165, 1.54) is 33.8 Å². The van der Waals surface area contributed by atoms with Crippen LogP contribution in [0.25, 0.3) is 5.69 Å². The van der Waals surface area contributed by atoms with Crippen molar-refractivity contribution in [3.63, 3.8) is 0 Å². The van der Waals surface area contributed by atoms with Gasteiger partial charge in [-0.25, -0.2) is 0 Å². The fraction of sp³-hybridized carbons (Fsp3) is 0.290. The zero-order valence-corrected chi connectivity index (χ0v) is 23.6. The van der Waals surface area contributed by atoms with Crippen LogP contribution in [0.4, 0.5) is 5.69 Å². The summed E-state index contributed by atoms with van der Waals surface area (Å²) in [7, 11) is 3.33. The van der Waals surface area contributed by atoms with E-state index in [0.717, 1.165) is 23.6 Å². The number of aromatic nitrogens is 2. The smallest absolute Gasteiger partial charge is 0.174 e. The molecule has 4 aromatic rings. The van der Waals surface area contributed by atoms with Gasteiger partial charge >= 0.3 is 0 Å². The van der Waals surface area contributed by atoms with Gasteiger partial charge in [-0.3, -0.25) is 4.98 Å². The first-order valence-corrected chi connectivity index (χ1v) is 13.3. The topological polar surface area (TPSA) is 51.6 Å². The zero-order chi connectivity index (χ0) is 27.0. The number of pyridine rings is 1. The van der Waals surface area contributed by atoms with E-state index < -0.39 is 0 Å². The summed E-state index contributed by atoms with van der Waals surface area (Å²) in [6.45, 7) is 8.78. The Labute approximate surface area is 230 Å². The summed E-state index contributed by atoms with van der Waals surface area (Å²) in [6, 6.07) is 20.4. The third-order valence-electron chi connectivity index (χ3n) is 7.46. The highest BCUT2D eigenvalue weighted by Crippen LogP contribution is 2.47. The van der Waals surface area contributed by atoms with Crippen LogP contribution in [0.1, 0.15) is 52.8 Å². The number of para-hydroxylation sites is 1. The maximum Gasteiger partial charge on any atom is 0.174 e. The lowest BCUT2D eigenvalue weighted by Gasteiger charge is -2.29. The largest absolute Gasteiger partial charge is 0.497 e. The van der Waals surface area contributed by atoms with Crippen LogP contribution in [0, 0.1) is 20.8 Å². The number of hydrogen-bond acceptors (Lipinski definition) is 4. The molecule has 1 aliphatic rings. The Balaban J connectivity index is 1.73. The fourth-order valence-corrected chi connectivity index (χ4v) is 6.01. The number of aryl methyl sites for hydroxylation is 3. The summed E-state index contributed by atoms with van der Waals surface area (Å²) in [5.74, 6) is 1.42. The van der Waals surface area contributed by atoms with Gasteiger partial charge in [-0.1, -0.05) is 31.2 Å². The molecular weight excluding hydrogens is 492 g/mol. The molecule has 5 rings (SSSR count). The Morgan fingerprint density at radius 1 is 0.974 bits per heavy atom. The van der Waals surface area contributed by atoms with Crippen LogP contribution in [0.2, 0.25) is 0 Å². The van der Waals surface area contributed by atoms with Crippen LogP contribution in [-0.4, -0.2) is 28.9 Å². The highest BCUT2D eigenvalue weighted by molar-refractivity contribution is 7.80. The third-order valence-corrected chi connectivity index (χ3v) is 7.77. The second kappa shape index (κ2) is 10.5. The summed E-state index contributed by atoms with van der Waals surface area (Å²) < 4.78 is 13.7. The molecule has 2 aromatic carbocycles. The van der Waals surface area contributed by atoms with Crippen molar-refractivity contribution in [2.24, 2.45) is 0 Å². The van der Waals surface area contributed by atoms with E-state index >= 15 is 0 Å². The van der Waals surface area contributed by atoms with Crippen LogP contribution in [0.5, 0.6) is 11.5 Å². The maximum absolute atomic E-state index is 5.98. The second-order valence-corrected chi connectivity index (χ2v) is 10.0. The number of thiocarbonyl (C=S) groups is 1. The summed E-state index contributed by atoms with van der Waals surface area (Å²) in [6.07, 6.45) is 2.79. The number of benzene rings is 2. The van der Waals surface area contributed by atoms with E-state index in [1.807, 2.05) is 36.5 Å². The molecule has 0 amide bonds. The molecule has 2 aromatic heterocycles. The van der Waals surface area contributed by atoms with E-state index in [1.54, 1.807) is 14.2 Å². The lowest BCUT2D eigenvalue weighted by Crippen LogP contribution is -2.30. The molecule has 0 radical (unpaired) electrons. The van der Waals surface area contributed by atoms with Gasteiger partial charge in [0.15, 0.2) is 5.11 Å². The van der Waals surface area contributed by atoms with Crippen molar-refractivity contribution >= 4 is 23.0 Å². The zero-order valence-electron chi connectivity index (χ0n) is 22.8. The molecule has 7 heteroatoms. The van der Waals surface area contributed by atoms with Gasteiger partial charge in [0.05, 0.1) is 43.4 Å². The standard InChI is InChI=1S/C31H34N4O2S/c1-7-22-12-10-11-19(2)29(22)34-20(3)17-24(21(34)4)30-28(25-13-8-9-16-32-25)33-31(38)35(30)26-15-14-23(36-5)18-27(26)37-6/h8-18,28,30H,7H2,1-6H3,(H,33,38)/t28-,30-/m0/s1. The minimum Gasteiger partial charge on any atom is -0.497 e. The number of hydrogen-bond donors (Lipinski definition) is 1. The molecule has 38 heavy (non-hydrogen) atoms. The maximum atomic E-state index is 5.98. The van der Waals surface area contributed by atoms with Crippen molar-refractivity contribution in [1.29, 1.82) is 0 Å². The molecular formula is C31H34N4O2S. The number of nitrogens with one attached hydrogen (secondary N) is 1. The van der Waals surface area contributed by atoms with E-state index in [-0.39, 0.29) is 12.1 Å². The summed E-state index contributed by atoms with van der Waals surface area (Å²) in [5.41, 5.74) is 9.21. The molecule has 0 unspecified atom stereocenters. The first-order chi connectivity index (χ1) is 18.4. The molecule has 1 aliphatic heterocycles. The molecule has 0 saturated carbocycles. The molecule has 2 atom stereocenters. The normalized spacial score (nSPS) is 17.0. The average Bonchev–Trinajstić information content (AvgIpc) is 3.43. The molecule has 3 heterocycles. The van der Waals surface area contributed by atoms with E-state index in [0.29, 0.717) is 10.9 Å². The Hall–Kier alpha value is -3.84. The SMILES string of the molecule is CCc1cccc(C)c1-n1c(C)cc([C@H]2[C@H](c3ccccn3)NC(=S)N2c2ccc(OC)cc2OC)c1C.